The number of rotatable bonds is 5. The Morgan fingerprint density at radius 2 is 1.60 bits per heavy atom. The number of nitrogens with one attached hydrogen (secondary N) is 1. The van der Waals surface area contributed by atoms with Crippen LogP contribution in [0, 0.1) is 5.41 Å². The van der Waals surface area contributed by atoms with Crippen LogP contribution in [0.25, 0.3) is 11.1 Å². The molecule has 5 nitrogen and oxygen atoms in total. The molecule has 128 valence electrons. The molecule has 0 unspecified atom stereocenters. The Labute approximate surface area is 145 Å². The van der Waals surface area contributed by atoms with Crippen LogP contribution in [-0.4, -0.2) is 30.3 Å². The zero-order chi connectivity index (χ0) is 17.4. The molecular weight excluding hydrogens is 318 g/mol. The van der Waals surface area contributed by atoms with Crippen LogP contribution >= 0.6 is 0 Å². The maximum absolute atomic E-state index is 12.0. The van der Waals surface area contributed by atoms with Crippen LogP contribution in [0.5, 0.6) is 0 Å². The lowest BCUT2D eigenvalue weighted by Crippen LogP contribution is -2.35. The Bertz CT molecular complexity index is 796. The van der Waals surface area contributed by atoms with Crippen LogP contribution in [-0.2, 0) is 9.53 Å². The number of carboxylic acid groups (broad SMARTS) is 1. The molecule has 2 aromatic rings. The highest BCUT2D eigenvalue weighted by molar-refractivity contribution is 5.80. The van der Waals surface area contributed by atoms with Crippen molar-refractivity contribution in [3.05, 3.63) is 59.7 Å². The van der Waals surface area contributed by atoms with Gasteiger partial charge in [-0.25, -0.2) is 4.79 Å². The van der Waals surface area contributed by atoms with Crippen molar-refractivity contribution in [3.8, 4) is 11.1 Å². The predicted molar refractivity (Wildman–Crippen MR) is 92.4 cm³/mol. The largest absolute Gasteiger partial charge is 0.481 e. The van der Waals surface area contributed by atoms with Gasteiger partial charge in [0.25, 0.3) is 0 Å². The standard InChI is InChI=1S/C20H19NO4/c22-18(23)20(9-10-20)12-21-19(24)25-11-17-15-7-3-1-5-13(15)14-6-2-4-8-16(14)17/h1-8,17H,9-12H2,(H,21,24)(H,22,23). The summed E-state index contributed by atoms with van der Waals surface area (Å²) in [5.41, 5.74) is 3.87. The van der Waals surface area contributed by atoms with Gasteiger partial charge >= 0.3 is 12.1 Å². The molecule has 0 saturated heterocycles. The number of hydrogen-bond donors (Lipinski definition) is 2. The molecule has 5 heteroatoms. The number of carboxylic acids is 1. The molecule has 0 atom stereocenters. The summed E-state index contributed by atoms with van der Waals surface area (Å²) in [7, 11) is 0. The van der Waals surface area contributed by atoms with Crippen molar-refractivity contribution in [2.45, 2.75) is 18.8 Å². The highest BCUT2D eigenvalue weighted by atomic mass is 16.5. The summed E-state index contributed by atoms with van der Waals surface area (Å²) in [5.74, 6) is -0.848. The summed E-state index contributed by atoms with van der Waals surface area (Å²) in [6.45, 7) is 0.360. The van der Waals surface area contributed by atoms with Gasteiger partial charge in [0, 0.05) is 12.5 Å². The van der Waals surface area contributed by atoms with E-state index >= 15 is 0 Å². The monoisotopic (exact) mass is 337 g/mol. The molecule has 0 spiro atoms. The number of ether oxygens (including phenoxy) is 1. The molecule has 1 amide bonds. The first-order valence-electron chi connectivity index (χ1n) is 8.43. The molecule has 2 aliphatic rings. The number of alkyl carbamates (subject to hydrolysis) is 1. The maximum atomic E-state index is 12.0. The van der Waals surface area contributed by atoms with Gasteiger partial charge in [-0.15, -0.1) is 0 Å². The number of fused-ring (bicyclic) bond motifs is 3. The summed E-state index contributed by atoms with van der Waals surface area (Å²) >= 11 is 0. The minimum atomic E-state index is -0.855. The topological polar surface area (TPSA) is 75.6 Å². The van der Waals surface area contributed by atoms with Crippen molar-refractivity contribution in [2.24, 2.45) is 5.41 Å². The van der Waals surface area contributed by atoms with E-state index in [1.54, 1.807) is 0 Å². The van der Waals surface area contributed by atoms with Crippen molar-refractivity contribution >= 4 is 12.1 Å². The first kappa shape index (κ1) is 15.7. The summed E-state index contributed by atoms with van der Waals surface area (Å²) in [5, 5.41) is 11.7. The minimum Gasteiger partial charge on any atom is -0.481 e. The van der Waals surface area contributed by atoms with E-state index in [1.165, 1.54) is 11.1 Å². The summed E-state index contributed by atoms with van der Waals surface area (Å²) in [4.78, 5) is 23.1. The number of carbonyl (C=O) groups is 2. The van der Waals surface area contributed by atoms with Crippen molar-refractivity contribution in [3.63, 3.8) is 0 Å². The van der Waals surface area contributed by atoms with Gasteiger partial charge < -0.3 is 15.2 Å². The molecule has 1 saturated carbocycles. The smallest absolute Gasteiger partial charge is 0.407 e. The fourth-order valence-electron chi connectivity index (χ4n) is 3.51. The highest BCUT2D eigenvalue weighted by Crippen LogP contribution is 2.46. The molecule has 0 aromatic heterocycles. The Balaban J connectivity index is 1.43. The number of hydrogen-bond acceptors (Lipinski definition) is 3. The minimum absolute atomic E-state index is 0.00695. The second-order valence-electron chi connectivity index (χ2n) is 6.76. The van der Waals surface area contributed by atoms with Crippen LogP contribution in [0.3, 0.4) is 0 Å². The van der Waals surface area contributed by atoms with Crippen LogP contribution in [0.4, 0.5) is 4.79 Å². The lowest BCUT2D eigenvalue weighted by molar-refractivity contribution is -0.143. The molecule has 0 radical (unpaired) electrons. The number of benzene rings is 2. The van der Waals surface area contributed by atoms with Gasteiger partial charge in [-0.1, -0.05) is 48.5 Å². The SMILES string of the molecule is O=C(NCC1(C(=O)O)CC1)OCC1c2ccccc2-c2ccccc21. The van der Waals surface area contributed by atoms with E-state index in [1.807, 2.05) is 24.3 Å². The third kappa shape index (κ3) is 2.76. The lowest BCUT2D eigenvalue weighted by Gasteiger charge is -2.15. The zero-order valence-electron chi connectivity index (χ0n) is 13.7. The molecular formula is C20H19NO4. The molecule has 1 fully saturated rings. The number of aliphatic carboxylic acids is 1. The van der Waals surface area contributed by atoms with E-state index in [4.69, 9.17) is 9.84 Å². The van der Waals surface area contributed by atoms with Crippen molar-refractivity contribution in [1.82, 2.24) is 5.32 Å². The summed E-state index contributed by atoms with van der Waals surface area (Å²) < 4.78 is 5.40. The Hall–Kier alpha value is -2.82. The Kier molecular flexibility index (Phi) is 3.71. The quantitative estimate of drug-likeness (QED) is 0.877. The number of amides is 1. The second kappa shape index (κ2) is 5.92. The molecule has 4 rings (SSSR count). The highest BCUT2D eigenvalue weighted by Gasteiger charge is 2.50. The van der Waals surface area contributed by atoms with E-state index < -0.39 is 17.5 Å². The van der Waals surface area contributed by atoms with Gasteiger partial charge in [-0.3, -0.25) is 4.79 Å². The fourth-order valence-corrected chi connectivity index (χ4v) is 3.51. The first-order chi connectivity index (χ1) is 12.1. The third-order valence-electron chi connectivity index (χ3n) is 5.22. The lowest BCUT2D eigenvalue weighted by atomic mass is 9.98. The van der Waals surface area contributed by atoms with Crippen molar-refractivity contribution < 1.29 is 19.4 Å². The number of carbonyl (C=O) groups excluding carboxylic acids is 1. The third-order valence-corrected chi connectivity index (χ3v) is 5.22. The van der Waals surface area contributed by atoms with E-state index in [0.29, 0.717) is 12.8 Å². The van der Waals surface area contributed by atoms with Gasteiger partial charge in [-0.05, 0) is 35.1 Å². The predicted octanol–water partition coefficient (Wildman–Crippen LogP) is 3.39. The molecule has 0 heterocycles. The van der Waals surface area contributed by atoms with Gasteiger partial charge in [-0.2, -0.15) is 0 Å². The Morgan fingerprint density at radius 1 is 1.04 bits per heavy atom. The normalized spacial score (nSPS) is 16.6. The summed E-state index contributed by atoms with van der Waals surface area (Å²) in [6, 6.07) is 16.3. The van der Waals surface area contributed by atoms with Crippen molar-refractivity contribution in [2.75, 3.05) is 13.2 Å². The molecule has 2 aromatic carbocycles. The molecule has 2 N–H and O–H groups in total. The maximum Gasteiger partial charge on any atom is 0.407 e. The fraction of sp³-hybridized carbons (Fsp3) is 0.300. The average Bonchev–Trinajstić information content (AvgIpc) is 3.36. The average molecular weight is 337 g/mol. The summed E-state index contributed by atoms with van der Waals surface area (Å²) in [6.07, 6.45) is 0.646. The zero-order valence-corrected chi connectivity index (χ0v) is 13.7. The Morgan fingerprint density at radius 3 is 2.12 bits per heavy atom. The van der Waals surface area contributed by atoms with Crippen LogP contribution in [0.15, 0.2) is 48.5 Å². The second-order valence-corrected chi connectivity index (χ2v) is 6.76. The van der Waals surface area contributed by atoms with E-state index in [-0.39, 0.29) is 19.1 Å². The molecule has 2 aliphatic carbocycles. The molecule has 0 bridgehead atoms. The van der Waals surface area contributed by atoms with E-state index in [0.717, 1.165) is 11.1 Å². The van der Waals surface area contributed by atoms with Crippen LogP contribution < -0.4 is 5.32 Å². The molecule has 25 heavy (non-hydrogen) atoms. The first-order valence-corrected chi connectivity index (χ1v) is 8.43. The van der Waals surface area contributed by atoms with Gasteiger partial charge in [0.2, 0.25) is 0 Å². The molecule has 0 aliphatic heterocycles. The van der Waals surface area contributed by atoms with E-state index in [9.17, 15) is 9.59 Å². The van der Waals surface area contributed by atoms with Gasteiger partial charge in [0.15, 0.2) is 0 Å². The van der Waals surface area contributed by atoms with Gasteiger partial charge in [0.05, 0.1) is 5.41 Å². The van der Waals surface area contributed by atoms with Gasteiger partial charge in [0.1, 0.15) is 6.61 Å². The van der Waals surface area contributed by atoms with Crippen LogP contribution in [0.1, 0.15) is 29.9 Å². The van der Waals surface area contributed by atoms with E-state index in [2.05, 4.69) is 29.6 Å². The van der Waals surface area contributed by atoms with Crippen molar-refractivity contribution in [1.29, 1.82) is 0 Å². The van der Waals surface area contributed by atoms with Crippen LogP contribution in [0.2, 0.25) is 0 Å².